The van der Waals surface area contributed by atoms with E-state index in [1.165, 1.54) is 42.3 Å². The molecule has 31 heavy (non-hydrogen) atoms. The molecule has 158 valence electrons. The number of hydrogen-bond donors (Lipinski definition) is 0. The number of anilines is 1. The van der Waals surface area contributed by atoms with Crippen LogP contribution in [0.3, 0.4) is 0 Å². The second-order valence-corrected chi connectivity index (χ2v) is 8.35. The van der Waals surface area contributed by atoms with Crippen molar-refractivity contribution >= 4 is 29.4 Å². The molecule has 7 nitrogen and oxygen atoms in total. The molecular weight excluding hydrogens is 398 g/mol. The molecule has 5 rings (SSSR count). The van der Waals surface area contributed by atoms with Crippen molar-refractivity contribution in [2.45, 2.75) is 19.3 Å². The van der Waals surface area contributed by atoms with Gasteiger partial charge in [0.2, 0.25) is 11.8 Å². The molecule has 2 amide bonds. The Morgan fingerprint density at radius 1 is 0.871 bits per heavy atom. The summed E-state index contributed by atoms with van der Waals surface area (Å²) in [5.74, 6) is -0.948. The van der Waals surface area contributed by atoms with E-state index in [1.54, 1.807) is 18.2 Å². The van der Waals surface area contributed by atoms with Gasteiger partial charge in [-0.25, -0.2) is 9.59 Å². The van der Waals surface area contributed by atoms with Gasteiger partial charge in [-0.05, 0) is 73.6 Å². The predicted octanol–water partition coefficient (Wildman–Crippen LogP) is 3.23. The van der Waals surface area contributed by atoms with Gasteiger partial charge in [-0.1, -0.05) is 6.07 Å². The average molecular weight is 419 g/mol. The topological polar surface area (TPSA) is 90.0 Å². The highest BCUT2D eigenvalue weighted by molar-refractivity contribution is 6.22. The summed E-state index contributed by atoms with van der Waals surface area (Å²) in [5.41, 5.74) is 0.976. The summed E-state index contributed by atoms with van der Waals surface area (Å²) >= 11 is 0. The SMILES string of the molecule is COC(=O)c1ccc(OC(=O)c2cccc(N3C(=O)[C@@H]4[C@H]5CC[C@@H](C5)[C@H]4C3=O)c2)cc1. The van der Waals surface area contributed by atoms with Crippen LogP contribution in [0.25, 0.3) is 0 Å². The highest BCUT2D eigenvalue weighted by Crippen LogP contribution is 2.56. The van der Waals surface area contributed by atoms with Gasteiger partial charge in [-0.3, -0.25) is 14.5 Å². The minimum atomic E-state index is -0.618. The van der Waals surface area contributed by atoms with Crippen LogP contribution >= 0.6 is 0 Å². The molecule has 3 aliphatic rings. The number of benzene rings is 2. The number of carbonyl (C=O) groups excluding carboxylic acids is 4. The summed E-state index contributed by atoms with van der Waals surface area (Å²) in [6.45, 7) is 0. The molecule has 3 fully saturated rings. The molecule has 7 heteroatoms. The van der Waals surface area contributed by atoms with E-state index in [1.807, 2.05) is 0 Å². The maximum Gasteiger partial charge on any atom is 0.343 e. The number of amides is 2. The van der Waals surface area contributed by atoms with Gasteiger partial charge < -0.3 is 9.47 Å². The number of rotatable bonds is 4. The van der Waals surface area contributed by atoms with E-state index in [2.05, 4.69) is 4.74 Å². The van der Waals surface area contributed by atoms with Gasteiger partial charge in [-0.2, -0.15) is 0 Å². The van der Waals surface area contributed by atoms with Crippen LogP contribution in [0.1, 0.15) is 40.0 Å². The maximum atomic E-state index is 13.0. The summed E-state index contributed by atoms with van der Waals surface area (Å²) < 4.78 is 10.0. The number of carbonyl (C=O) groups is 4. The molecule has 2 aliphatic carbocycles. The van der Waals surface area contributed by atoms with Crippen LogP contribution in [-0.4, -0.2) is 30.9 Å². The number of esters is 2. The second kappa shape index (κ2) is 7.34. The summed E-state index contributed by atoms with van der Waals surface area (Å²) in [6, 6.07) is 12.4. The molecule has 2 aromatic rings. The van der Waals surface area contributed by atoms with Crippen LogP contribution in [0.5, 0.6) is 5.75 Å². The number of nitrogens with zero attached hydrogens (tertiary/aromatic N) is 1. The Morgan fingerprint density at radius 3 is 2.13 bits per heavy atom. The fraction of sp³-hybridized carbons (Fsp3) is 0.333. The van der Waals surface area contributed by atoms with Crippen molar-refractivity contribution in [1.82, 2.24) is 0 Å². The number of hydrogen-bond acceptors (Lipinski definition) is 6. The molecule has 4 atom stereocenters. The van der Waals surface area contributed by atoms with Crippen molar-refractivity contribution in [2.24, 2.45) is 23.7 Å². The van der Waals surface area contributed by atoms with Gasteiger partial charge in [0.1, 0.15) is 5.75 Å². The summed E-state index contributed by atoms with van der Waals surface area (Å²) in [4.78, 5) is 51.4. The van der Waals surface area contributed by atoms with Crippen LogP contribution in [0.4, 0.5) is 5.69 Å². The second-order valence-electron chi connectivity index (χ2n) is 8.35. The van der Waals surface area contributed by atoms with E-state index in [0.29, 0.717) is 23.1 Å². The smallest absolute Gasteiger partial charge is 0.343 e. The Labute approximate surface area is 178 Å². The fourth-order valence-electron chi connectivity index (χ4n) is 5.38. The fourth-order valence-corrected chi connectivity index (χ4v) is 5.38. The van der Waals surface area contributed by atoms with Gasteiger partial charge in [-0.15, -0.1) is 0 Å². The lowest BCUT2D eigenvalue weighted by molar-refractivity contribution is -0.123. The quantitative estimate of drug-likeness (QED) is 0.429. The molecule has 2 bridgehead atoms. The van der Waals surface area contributed by atoms with Gasteiger partial charge in [0.05, 0.1) is 35.8 Å². The monoisotopic (exact) mass is 419 g/mol. The van der Waals surface area contributed by atoms with Gasteiger partial charge >= 0.3 is 11.9 Å². The first-order valence-electron chi connectivity index (χ1n) is 10.4. The van der Waals surface area contributed by atoms with E-state index in [-0.39, 0.29) is 35.0 Å². The molecule has 1 aliphatic heterocycles. The first-order chi connectivity index (χ1) is 15.0. The third-order valence-electron chi connectivity index (χ3n) is 6.75. The van der Waals surface area contributed by atoms with Crippen LogP contribution in [0.2, 0.25) is 0 Å². The largest absolute Gasteiger partial charge is 0.465 e. The predicted molar refractivity (Wildman–Crippen MR) is 109 cm³/mol. The lowest BCUT2D eigenvalue weighted by atomic mass is 9.81. The van der Waals surface area contributed by atoms with E-state index in [0.717, 1.165) is 19.3 Å². The van der Waals surface area contributed by atoms with Crippen molar-refractivity contribution in [1.29, 1.82) is 0 Å². The highest BCUT2D eigenvalue weighted by Gasteiger charge is 2.61. The minimum Gasteiger partial charge on any atom is -0.465 e. The van der Waals surface area contributed by atoms with Crippen LogP contribution in [0.15, 0.2) is 48.5 Å². The Morgan fingerprint density at radius 2 is 1.52 bits per heavy atom. The molecule has 0 radical (unpaired) electrons. The lowest BCUT2D eigenvalue weighted by Gasteiger charge is -2.19. The van der Waals surface area contributed by atoms with Crippen LogP contribution in [0, 0.1) is 23.7 Å². The van der Waals surface area contributed by atoms with Crippen molar-refractivity contribution in [2.75, 3.05) is 12.0 Å². The standard InChI is InChI=1S/C24H21NO6/c1-30-23(28)13-7-9-18(10-8-13)31-24(29)16-3-2-4-17(12-16)25-21(26)19-14-5-6-15(11-14)20(19)22(25)27/h2-4,7-10,12,14-15,19-20H,5-6,11H2,1H3/t14-,15-,19+,20+/m0/s1. The molecule has 1 heterocycles. The zero-order chi connectivity index (χ0) is 21.7. The average Bonchev–Trinajstić information content (AvgIpc) is 3.47. The minimum absolute atomic E-state index is 0.147. The van der Waals surface area contributed by atoms with Gasteiger partial charge in [0.25, 0.3) is 0 Å². The molecule has 1 saturated heterocycles. The van der Waals surface area contributed by atoms with E-state index < -0.39 is 11.9 Å². The summed E-state index contributed by atoms with van der Waals surface area (Å²) in [7, 11) is 1.29. The number of methoxy groups -OCH3 is 1. The van der Waals surface area contributed by atoms with Gasteiger partial charge in [0.15, 0.2) is 0 Å². The molecule has 0 spiro atoms. The summed E-state index contributed by atoms with van der Waals surface area (Å²) in [5, 5.41) is 0. The Hall–Kier alpha value is -3.48. The van der Waals surface area contributed by atoms with Crippen molar-refractivity contribution < 1.29 is 28.7 Å². The van der Waals surface area contributed by atoms with E-state index >= 15 is 0 Å². The van der Waals surface area contributed by atoms with Gasteiger partial charge in [0, 0.05) is 0 Å². The Bertz CT molecular complexity index is 1060. The van der Waals surface area contributed by atoms with Crippen molar-refractivity contribution in [3.05, 3.63) is 59.7 Å². The molecule has 0 aromatic heterocycles. The summed E-state index contributed by atoms with van der Waals surface area (Å²) in [6.07, 6.45) is 3.00. The third-order valence-corrected chi connectivity index (χ3v) is 6.75. The first kappa shape index (κ1) is 19.5. The van der Waals surface area contributed by atoms with Crippen LogP contribution in [-0.2, 0) is 14.3 Å². The lowest BCUT2D eigenvalue weighted by Crippen LogP contribution is -2.32. The highest BCUT2D eigenvalue weighted by atomic mass is 16.5. The third kappa shape index (κ3) is 3.12. The first-order valence-corrected chi connectivity index (χ1v) is 10.4. The zero-order valence-electron chi connectivity index (χ0n) is 16.9. The number of fused-ring (bicyclic) bond motifs is 5. The number of ether oxygens (including phenoxy) is 2. The molecule has 0 N–H and O–H groups in total. The zero-order valence-corrected chi connectivity index (χ0v) is 16.9. The Balaban J connectivity index is 1.35. The molecule has 2 saturated carbocycles. The number of imide groups is 1. The Kier molecular flexibility index (Phi) is 4.61. The van der Waals surface area contributed by atoms with Crippen molar-refractivity contribution in [3.8, 4) is 5.75 Å². The molecule has 0 unspecified atom stereocenters. The normalized spacial score (nSPS) is 26.2. The molecule has 2 aromatic carbocycles. The van der Waals surface area contributed by atoms with Crippen LogP contribution < -0.4 is 9.64 Å². The van der Waals surface area contributed by atoms with E-state index in [4.69, 9.17) is 4.74 Å². The van der Waals surface area contributed by atoms with Crippen molar-refractivity contribution in [3.63, 3.8) is 0 Å². The maximum absolute atomic E-state index is 13.0. The molecular formula is C24H21NO6. The van der Waals surface area contributed by atoms with E-state index in [9.17, 15) is 19.2 Å².